The molecule has 32 heavy (non-hydrogen) atoms. The van der Waals surface area contributed by atoms with Gasteiger partial charge < -0.3 is 10.1 Å². The molecule has 0 unspecified atom stereocenters. The number of methoxy groups -OCH3 is 1. The number of hydrogen-bond acceptors (Lipinski definition) is 3. The zero-order valence-electron chi connectivity index (χ0n) is 17.1. The van der Waals surface area contributed by atoms with Gasteiger partial charge in [0.25, 0.3) is 5.91 Å². The Morgan fingerprint density at radius 1 is 0.969 bits per heavy atom. The van der Waals surface area contributed by atoms with Crippen molar-refractivity contribution in [3.8, 4) is 5.75 Å². The Kier molecular flexibility index (Phi) is 6.44. The average Bonchev–Trinajstić information content (AvgIpc) is 3.10. The van der Waals surface area contributed by atoms with Crippen LogP contribution in [0.15, 0.2) is 72.8 Å². The summed E-state index contributed by atoms with van der Waals surface area (Å²) >= 11 is 12.0. The average molecular weight is 469 g/mol. The first kappa shape index (κ1) is 21.9. The molecule has 1 saturated heterocycles. The molecular weight excluding hydrogens is 449 g/mol. The van der Waals surface area contributed by atoms with Crippen molar-refractivity contribution in [2.75, 3.05) is 7.11 Å². The number of hydrazine groups is 1. The van der Waals surface area contributed by atoms with E-state index in [9.17, 15) is 9.59 Å². The fraction of sp³-hybridized carbons (Fsp3) is 0.125. The number of hydrogen-bond donors (Lipinski definition) is 2. The number of amides is 2. The predicted molar refractivity (Wildman–Crippen MR) is 123 cm³/mol. The van der Waals surface area contributed by atoms with Gasteiger partial charge in [-0.05, 0) is 60.7 Å². The summed E-state index contributed by atoms with van der Waals surface area (Å²) in [5, 5.41) is 4.06. The van der Waals surface area contributed by atoms with Gasteiger partial charge in [-0.15, -0.1) is 10.1 Å². The molecular formula is C24H20Cl2N3O3+. The fourth-order valence-electron chi connectivity index (χ4n) is 3.52. The highest BCUT2D eigenvalue weighted by Gasteiger charge is 2.47. The zero-order valence-corrected chi connectivity index (χ0v) is 18.6. The van der Waals surface area contributed by atoms with E-state index in [1.807, 2.05) is 24.3 Å². The van der Waals surface area contributed by atoms with Crippen molar-refractivity contribution in [3.63, 3.8) is 0 Å². The molecule has 2 amide bonds. The fourth-order valence-corrected chi connectivity index (χ4v) is 3.77. The first-order chi connectivity index (χ1) is 15.4. The van der Waals surface area contributed by atoms with Crippen LogP contribution in [0.1, 0.15) is 27.5 Å². The van der Waals surface area contributed by atoms with E-state index in [0.29, 0.717) is 21.4 Å². The molecule has 0 radical (unpaired) electrons. The highest BCUT2D eigenvalue weighted by molar-refractivity contribution is 6.30. The number of carbonyl (C=O) groups excluding carboxylic acids is 2. The number of nitrogens with one attached hydrogen (secondary N) is 2. The van der Waals surface area contributed by atoms with Crippen LogP contribution in [0.4, 0.5) is 0 Å². The van der Waals surface area contributed by atoms with Gasteiger partial charge in [0.15, 0.2) is 6.04 Å². The van der Waals surface area contributed by atoms with Gasteiger partial charge in [-0.1, -0.05) is 35.3 Å². The minimum atomic E-state index is -0.825. The van der Waals surface area contributed by atoms with E-state index in [2.05, 4.69) is 10.7 Å². The van der Waals surface area contributed by atoms with Crippen molar-refractivity contribution in [2.45, 2.75) is 12.1 Å². The van der Waals surface area contributed by atoms with Crippen molar-refractivity contribution in [1.82, 2.24) is 10.7 Å². The van der Waals surface area contributed by atoms with Gasteiger partial charge in [0.2, 0.25) is 12.3 Å². The van der Waals surface area contributed by atoms with Crippen molar-refractivity contribution in [1.29, 1.82) is 0 Å². The van der Waals surface area contributed by atoms with Gasteiger partial charge >= 0.3 is 5.91 Å². The molecule has 6 nitrogen and oxygen atoms in total. The van der Waals surface area contributed by atoms with Crippen LogP contribution in [0.3, 0.4) is 0 Å². The van der Waals surface area contributed by atoms with E-state index in [4.69, 9.17) is 27.9 Å². The maximum atomic E-state index is 12.9. The molecule has 3 aromatic rings. The maximum absolute atomic E-state index is 12.9. The molecule has 8 heteroatoms. The molecule has 3 aromatic carbocycles. The van der Waals surface area contributed by atoms with Gasteiger partial charge in [0, 0.05) is 26.7 Å². The Labute approximate surface area is 195 Å². The van der Waals surface area contributed by atoms with Crippen molar-refractivity contribution in [2.24, 2.45) is 0 Å². The Balaban J connectivity index is 1.67. The molecule has 0 aromatic heterocycles. The van der Waals surface area contributed by atoms with Gasteiger partial charge in [0.05, 0.1) is 7.11 Å². The van der Waals surface area contributed by atoms with Crippen LogP contribution in [0.25, 0.3) is 0 Å². The van der Waals surface area contributed by atoms with Crippen LogP contribution < -0.4 is 15.5 Å². The Bertz CT molecular complexity index is 1160. The molecule has 1 heterocycles. The van der Waals surface area contributed by atoms with E-state index in [1.165, 1.54) is 0 Å². The van der Waals surface area contributed by atoms with Crippen molar-refractivity contribution < 1.29 is 19.0 Å². The van der Waals surface area contributed by atoms with Gasteiger partial charge in [-0.2, -0.15) is 0 Å². The van der Waals surface area contributed by atoms with E-state index in [1.54, 1.807) is 66.5 Å². The van der Waals surface area contributed by atoms with E-state index in [-0.39, 0.29) is 11.8 Å². The topological polar surface area (TPSA) is 70.4 Å². The maximum Gasteiger partial charge on any atom is 0.304 e. The first-order valence-corrected chi connectivity index (χ1v) is 10.6. The summed E-state index contributed by atoms with van der Waals surface area (Å²) < 4.78 is 6.82. The van der Waals surface area contributed by atoms with Gasteiger partial charge in [-0.3, -0.25) is 9.59 Å². The number of halogens is 2. The van der Waals surface area contributed by atoms with Crippen LogP contribution >= 0.6 is 23.2 Å². The minimum absolute atomic E-state index is 0.322. The van der Waals surface area contributed by atoms with Gasteiger partial charge in [-0.25, -0.2) is 0 Å². The summed E-state index contributed by atoms with van der Waals surface area (Å²) in [4.78, 5) is 25.8. The summed E-state index contributed by atoms with van der Waals surface area (Å²) in [5.74, 6) is -0.0416. The second-order valence-electron chi connectivity index (χ2n) is 7.24. The summed E-state index contributed by atoms with van der Waals surface area (Å²) in [6, 6.07) is 19.8. The zero-order chi connectivity index (χ0) is 22.7. The predicted octanol–water partition coefficient (Wildman–Crippen LogP) is 4.02. The SMILES string of the molecule is COc1ccc(C(=O)N[C@H]2C(=O)N/[N+](=C\c3ccc(Cl)cc3)[C@H]2c2ccc(Cl)cc2)cc1. The van der Waals surface area contributed by atoms with Gasteiger partial charge in [0.1, 0.15) is 5.75 Å². The first-order valence-electron chi connectivity index (χ1n) is 9.84. The van der Waals surface area contributed by atoms with E-state index in [0.717, 1.165) is 11.1 Å². The van der Waals surface area contributed by atoms with Crippen LogP contribution in [0.2, 0.25) is 10.0 Å². The Morgan fingerprint density at radius 2 is 1.56 bits per heavy atom. The normalized spacial score (nSPS) is 19.0. The summed E-state index contributed by atoms with van der Waals surface area (Å²) in [6.07, 6.45) is 1.80. The van der Waals surface area contributed by atoms with E-state index < -0.39 is 12.1 Å². The second-order valence-corrected chi connectivity index (χ2v) is 8.11. The lowest BCUT2D eigenvalue weighted by Gasteiger charge is -2.15. The van der Waals surface area contributed by atoms with E-state index >= 15 is 0 Å². The molecule has 0 bridgehead atoms. The monoisotopic (exact) mass is 468 g/mol. The quantitative estimate of drug-likeness (QED) is 0.555. The lowest BCUT2D eigenvalue weighted by Crippen LogP contribution is -2.42. The minimum Gasteiger partial charge on any atom is -0.497 e. The standard InChI is InChI=1S/C24H19Cl2N3O3/c1-32-20-12-6-17(7-13-20)23(30)27-21-22(16-4-10-19(26)11-5-16)29(28-24(21)31)14-15-2-8-18(25)9-3-15/h2-14,21-22H,1H3,(H-,27,28,30,31)/p+1/b29-14-/t21-,22+/m1/s1. The van der Waals surface area contributed by atoms with Crippen molar-refractivity contribution in [3.05, 3.63) is 99.5 Å². The number of ether oxygens (including phenoxy) is 1. The second kappa shape index (κ2) is 9.42. The number of carbonyl (C=O) groups is 2. The highest BCUT2D eigenvalue weighted by Crippen LogP contribution is 2.27. The lowest BCUT2D eigenvalue weighted by molar-refractivity contribution is -0.596. The molecule has 1 aliphatic heterocycles. The summed E-state index contributed by atoms with van der Waals surface area (Å²) in [5.41, 5.74) is 4.93. The third-order valence-electron chi connectivity index (χ3n) is 5.15. The van der Waals surface area contributed by atoms with Crippen LogP contribution in [-0.4, -0.2) is 35.9 Å². The highest BCUT2D eigenvalue weighted by atomic mass is 35.5. The lowest BCUT2D eigenvalue weighted by atomic mass is 9.99. The van der Waals surface area contributed by atoms with Crippen LogP contribution in [0, 0.1) is 0 Å². The molecule has 0 aliphatic carbocycles. The molecule has 1 aliphatic rings. The molecule has 4 rings (SSSR count). The van der Waals surface area contributed by atoms with Crippen LogP contribution in [0.5, 0.6) is 5.75 Å². The summed E-state index contributed by atoms with van der Waals surface area (Å²) in [7, 11) is 1.56. The third-order valence-corrected chi connectivity index (χ3v) is 5.65. The number of benzene rings is 3. The smallest absolute Gasteiger partial charge is 0.304 e. The van der Waals surface area contributed by atoms with Crippen molar-refractivity contribution >= 4 is 41.2 Å². The number of nitrogens with zero attached hydrogens (tertiary/aromatic N) is 1. The molecule has 0 saturated carbocycles. The Hall–Kier alpha value is -3.35. The molecule has 0 spiro atoms. The molecule has 2 atom stereocenters. The Morgan fingerprint density at radius 3 is 2.16 bits per heavy atom. The largest absolute Gasteiger partial charge is 0.497 e. The number of rotatable bonds is 5. The third kappa shape index (κ3) is 4.77. The molecule has 162 valence electrons. The molecule has 1 fully saturated rings. The van der Waals surface area contributed by atoms with Crippen LogP contribution in [-0.2, 0) is 4.79 Å². The summed E-state index contributed by atoms with van der Waals surface area (Å²) in [6.45, 7) is 0. The molecule has 2 N–H and O–H groups in total. The number of hydrazone groups is 1.